The second-order valence-corrected chi connectivity index (χ2v) is 6.37. The van der Waals surface area contributed by atoms with E-state index in [-0.39, 0.29) is 12.1 Å². The summed E-state index contributed by atoms with van der Waals surface area (Å²) in [6.07, 6.45) is 7.68. The maximum atomic E-state index is 12.7. The molecule has 1 atom stereocenters. The molecule has 3 heterocycles. The van der Waals surface area contributed by atoms with Crippen molar-refractivity contribution in [3.63, 3.8) is 0 Å². The number of hydrogen-bond donors (Lipinski definition) is 1. The van der Waals surface area contributed by atoms with E-state index in [0.29, 0.717) is 0 Å². The smallest absolute Gasteiger partial charge is 0.315 e. The number of carbonyl (C=O) groups excluding carboxylic acids is 1. The van der Waals surface area contributed by atoms with Gasteiger partial charge in [0.25, 0.3) is 0 Å². The molecule has 1 N–H and O–H groups in total. The standard InChI is InChI=1S/C15H21N5OS/c1-2-9-20-13(6-7-17-20)18-15(21)19-10-4-3-5-12(19)14-16-8-11-22-14/h6-8,11-12H,2-5,9-10H2,1H3,(H,18,21)/t12-/m0/s1. The van der Waals surface area contributed by atoms with E-state index in [1.807, 2.05) is 21.0 Å². The Morgan fingerprint density at radius 3 is 3.14 bits per heavy atom. The zero-order valence-corrected chi connectivity index (χ0v) is 13.6. The Morgan fingerprint density at radius 2 is 2.36 bits per heavy atom. The van der Waals surface area contributed by atoms with Crippen LogP contribution in [0.3, 0.4) is 0 Å². The Morgan fingerprint density at radius 1 is 1.45 bits per heavy atom. The van der Waals surface area contributed by atoms with Gasteiger partial charge in [0.1, 0.15) is 10.8 Å². The van der Waals surface area contributed by atoms with Crippen LogP contribution in [0.25, 0.3) is 0 Å². The van der Waals surface area contributed by atoms with E-state index in [9.17, 15) is 4.79 Å². The molecule has 0 bridgehead atoms. The van der Waals surface area contributed by atoms with Gasteiger partial charge in [0.15, 0.2) is 0 Å². The highest BCUT2D eigenvalue weighted by atomic mass is 32.1. The van der Waals surface area contributed by atoms with Crippen molar-refractivity contribution in [1.82, 2.24) is 19.7 Å². The molecule has 1 saturated heterocycles. The summed E-state index contributed by atoms with van der Waals surface area (Å²) in [7, 11) is 0. The van der Waals surface area contributed by atoms with Crippen LogP contribution in [0, 0.1) is 0 Å². The van der Waals surface area contributed by atoms with Gasteiger partial charge in [0.2, 0.25) is 0 Å². The number of aromatic nitrogens is 3. The summed E-state index contributed by atoms with van der Waals surface area (Å²) in [4.78, 5) is 19.0. The molecule has 0 spiro atoms. The van der Waals surface area contributed by atoms with Gasteiger partial charge in [-0.3, -0.25) is 5.32 Å². The van der Waals surface area contributed by atoms with E-state index in [4.69, 9.17) is 0 Å². The summed E-state index contributed by atoms with van der Waals surface area (Å²) >= 11 is 1.62. The summed E-state index contributed by atoms with van der Waals surface area (Å²) < 4.78 is 1.83. The fourth-order valence-corrected chi connectivity index (χ4v) is 3.63. The largest absolute Gasteiger partial charge is 0.323 e. The van der Waals surface area contributed by atoms with Crippen LogP contribution in [-0.4, -0.2) is 32.2 Å². The van der Waals surface area contributed by atoms with Crippen molar-refractivity contribution in [1.29, 1.82) is 0 Å². The second-order valence-electron chi connectivity index (χ2n) is 5.45. The molecule has 2 aromatic heterocycles. The lowest BCUT2D eigenvalue weighted by Crippen LogP contribution is -2.41. The van der Waals surface area contributed by atoms with Crippen LogP contribution in [0.2, 0.25) is 0 Å². The molecule has 1 aliphatic heterocycles. The predicted octanol–water partition coefficient (Wildman–Crippen LogP) is 3.51. The molecule has 0 unspecified atom stereocenters. The SMILES string of the molecule is CCCn1nccc1NC(=O)N1CCCC[C@H]1c1nccs1. The number of likely N-dealkylation sites (tertiary alicyclic amines) is 1. The zero-order chi connectivity index (χ0) is 15.4. The number of thiazole rings is 1. The number of aryl methyl sites for hydroxylation is 1. The monoisotopic (exact) mass is 319 g/mol. The van der Waals surface area contributed by atoms with Gasteiger partial charge in [0.05, 0.1) is 12.2 Å². The third-order valence-electron chi connectivity index (χ3n) is 3.89. The minimum absolute atomic E-state index is 0.0576. The lowest BCUT2D eigenvalue weighted by Gasteiger charge is -2.34. The molecule has 0 saturated carbocycles. The van der Waals surface area contributed by atoms with E-state index >= 15 is 0 Å². The average Bonchev–Trinajstić information content (AvgIpc) is 3.20. The summed E-state index contributed by atoms with van der Waals surface area (Å²) in [5.74, 6) is 0.760. The fourth-order valence-electron chi connectivity index (χ4n) is 2.84. The number of piperidine rings is 1. The molecule has 6 nitrogen and oxygen atoms in total. The number of urea groups is 1. The van der Waals surface area contributed by atoms with Crippen molar-refractivity contribution in [2.45, 2.75) is 45.2 Å². The maximum Gasteiger partial charge on any atom is 0.323 e. The van der Waals surface area contributed by atoms with E-state index in [1.165, 1.54) is 0 Å². The molecule has 1 fully saturated rings. The Hall–Kier alpha value is -1.89. The highest BCUT2D eigenvalue weighted by Gasteiger charge is 2.30. The fraction of sp³-hybridized carbons (Fsp3) is 0.533. The number of rotatable bonds is 4. The van der Waals surface area contributed by atoms with Crippen molar-refractivity contribution in [2.75, 3.05) is 11.9 Å². The van der Waals surface area contributed by atoms with Gasteiger partial charge in [-0.15, -0.1) is 11.3 Å². The zero-order valence-electron chi connectivity index (χ0n) is 12.7. The minimum atomic E-state index is -0.0576. The molecule has 2 aromatic rings. The number of nitrogens with zero attached hydrogens (tertiary/aromatic N) is 4. The Kier molecular flexibility index (Phi) is 4.72. The number of hydrogen-bond acceptors (Lipinski definition) is 4. The molecule has 2 amide bonds. The van der Waals surface area contributed by atoms with Gasteiger partial charge in [-0.25, -0.2) is 14.5 Å². The summed E-state index contributed by atoms with van der Waals surface area (Å²) in [5, 5.41) is 10.2. The van der Waals surface area contributed by atoms with Crippen LogP contribution in [0.4, 0.5) is 10.6 Å². The third-order valence-corrected chi connectivity index (χ3v) is 4.76. The van der Waals surface area contributed by atoms with Gasteiger partial charge in [0, 0.05) is 30.7 Å². The van der Waals surface area contributed by atoms with E-state index in [0.717, 1.165) is 49.6 Å². The van der Waals surface area contributed by atoms with Gasteiger partial charge < -0.3 is 4.90 Å². The number of carbonyl (C=O) groups is 1. The van der Waals surface area contributed by atoms with Gasteiger partial charge in [-0.05, 0) is 25.7 Å². The predicted molar refractivity (Wildman–Crippen MR) is 86.9 cm³/mol. The first-order valence-corrected chi connectivity index (χ1v) is 8.66. The van der Waals surface area contributed by atoms with Crippen molar-refractivity contribution in [2.24, 2.45) is 0 Å². The summed E-state index contributed by atoms with van der Waals surface area (Å²) in [6.45, 7) is 3.67. The molecule has 118 valence electrons. The summed E-state index contributed by atoms with van der Waals surface area (Å²) in [5.41, 5.74) is 0. The lowest BCUT2D eigenvalue weighted by molar-refractivity contribution is 0.163. The number of nitrogens with one attached hydrogen (secondary N) is 1. The van der Waals surface area contributed by atoms with Crippen LogP contribution in [0.15, 0.2) is 23.8 Å². The molecule has 0 aromatic carbocycles. The quantitative estimate of drug-likeness (QED) is 0.938. The Labute approximate surface area is 134 Å². The molecule has 7 heteroatoms. The molecule has 22 heavy (non-hydrogen) atoms. The molecule has 0 radical (unpaired) electrons. The topological polar surface area (TPSA) is 63.1 Å². The minimum Gasteiger partial charge on any atom is -0.315 e. The number of anilines is 1. The highest BCUT2D eigenvalue weighted by molar-refractivity contribution is 7.09. The molecule has 1 aliphatic rings. The van der Waals surface area contributed by atoms with Crippen molar-refractivity contribution < 1.29 is 4.79 Å². The van der Waals surface area contributed by atoms with Crippen LogP contribution >= 0.6 is 11.3 Å². The number of amides is 2. The first-order chi connectivity index (χ1) is 10.8. The van der Waals surface area contributed by atoms with Crippen molar-refractivity contribution in [3.8, 4) is 0 Å². The van der Waals surface area contributed by atoms with Gasteiger partial charge in [-0.2, -0.15) is 5.10 Å². The van der Waals surface area contributed by atoms with Crippen molar-refractivity contribution in [3.05, 3.63) is 28.8 Å². The van der Waals surface area contributed by atoms with Gasteiger partial charge in [-0.1, -0.05) is 6.92 Å². The van der Waals surface area contributed by atoms with Crippen LogP contribution in [-0.2, 0) is 6.54 Å². The van der Waals surface area contributed by atoms with Crippen LogP contribution < -0.4 is 5.32 Å². The van der Waals surface area contributed by atoms with E-state index in [1.54, 1.807) is 23.7 Å². The van der Waals surface area contributed by atoms with E-state index in [2.05, 4.69) is 22.3 Å². The Balaban J connectivity index is 1.73. The third kappa shape index (κ3) is 3.14. The van der Waals surface area contributed by atoms with Crippen LogP contribution in [0.5, 0.6) is 0 Å². The van der Waals surface area contributed by atoms with Crippen LogP contribution in [0.1, 0.15) is 43.7 Å². The second kappa shape index (κ2) is 6.91. The lowest BCUT2D eigenvalue weighted by atomic mass is 10.0. The summed E-state index contributed by atoms with van der Waals surface area (Å²) in [6, 6.07) is 1.88. The first-order valence-electron chi connectivity index (χ1n) is 7.78. The van der Waals surface area contributed by atoms with E-state index < -0.39 is 0 Å². The average molecular weight is 319 g/mol. The normalized spacial score (nSPS) is 18.4. The molecular formula is C15H21N5OS. The highest BCUT2D eigenvalue weighted by Crippen LogP contribution is 2.32. The molecular weight excluding hydrogens is 298 g/mol. The molecule has 0 aliphatic carbocycles. The first kappa shape index (κ1) is 15.0. The van der Waals surface area contributed by atoms with Gasteiger partial charge >= 0.3 is 6.03 Å². The van der Waals surface area contributed by atoms with Crippen molar-refractivity contribution >= 4 is 23.2 Å². The maximum absolute atomic E-state index is 12.7. The molecule has 3 rings (SSSR count). The Bertz CT molecular complexity index is 609.